The van der Waals surface area contributed by atoms with E-state index in [9.17, 15) is 15.0 Å². The summed E-state index contributed by atoms with van der Waals surface area (Å²) in [5.74, 6) is -0.246. The van der Waals surface area contributed by atoms with Crippen LogP contribution in [0.15, 0.2) is 30.5 Å². The van der Waals surface area contributed by atoms with E-state index in [0.29, 0.717) is 5.82 Å². The average molecular weight is 261 g/mol. The monoisotopic (exact) mass is 261 g/mol. The molecule has 0 atom stereocenters. The maximum absolute atomic E-state index is 12.0. The first-order valence-corrected chi connectivity index (χ1v) is 5.86. The Morgan fingerprint density at radius 2 is 2.05 bits per heavy atom. The summed E-state index contributed by atoms with van der Waals surface area (Å²) in [6.45, 7) is 3.88. The Morgan fingerprint density at radius 3 is 2.74 bits per heavy atom. The van der Waals surface area contributed by atoms with Crippen LogP contribution < -0.4 is 5.32 Å². The highest BCUT2D eigenvalue weighted by molar-refractivity contribution is 6.05. The van der Waals surface area contributed by atoms with Crippen LogP contribution in [0.5, 0.6) is 11.5 Å². The zero-order valence-corrected chi connectivity index (χ0v) is 10.7. The number of hydrogen-bond acceptors (Lipinski definition) is 4. The Morgan fingerprint density at radius 1 is 1.32 bits per heavy atom. The molecule has 1 aromatic carbocycles. The van der Waals surface area contributed by atoms with Crippen LogP contribution in [0.1, 0.15) is 30.2 Å². The molecule has 0 radical (unpaired) electrons. The molecule has 0 aliphatic rings. The maximum Gasteiger partial charge on any atom is 0.260 e. The Labute approximate surface area is 110 Å². The van der Waals surface area contributed by atoms with Crippen molar-refractivity contribution in [3.63, 3.8) is 0 Å². The van der Waals surface area contributed by atoms with Gasteiger partial charge in [0.25, 0.3) is 5.91 Å². The van der Waals surface area contributed by atoms with Gasteiger partial charge >= 0.3 is 0 Å². The number of rotatable bonds is 3. The van der Waals surface area contributed by atoms with Gasteiger partial charge in [-0.3, -0.25) is 4.79 Å². The number of anilines is 1. The summed E-state index contributed by atoms with van der Waals surface area (Å²) < 4.78 is 1.65. The molecule has 6 heteroatoms. The summed E-state index contributed by atoms with van der Waals surface area (Å²) in [6.07, 6.45) is 1.58. The van der Waals surface area contributed by atoms with Crippen molar-refractivity contribution in [2.75, 3.05) is 5.32 Å². The molecule has 0 unspecified atom stereocenters. The molecule has 3 N–H and O–H groups in total. The van der Waals surface area contributed by atoms with Crippen molar-refractivity contribution in [2.45, 2.75) is 19.9 Å². The fourth-order valence-corrected chi connectivity index (χ4v) is 1.71. The lowest BCUT2D eigenvalue weighted by atomic mass is 10.2. The number of phenolic OH excluding ortho intramolecular Hbond substituents is 2. The van der Waals surface area contributed by atoms with Gasteiger partial charge in [-0.25, -0.2) is 4.68 Å². The smallest absolute Gasteiger partial charge is 0.260 e. The van der Waals surface area contributed by atoms with Gasteiger partial charge in [-0.15, -0.1) is 0 Å². The predicted octanol–water partition coefficient (Wildman–Crippen LogP) is 2.13. The highest BCUT2D eigenvalue weighted by atomic mass is 16.3. The average Bonchev–Trinajstić information content (AvgIpc) is 2.80. The number of aromatic nitrogens is 2. The molecule has 2 aromatic rings. The summed E-state index contributed by atoms with van der Waals surface area (Å²) in [6, 6.07) is 5.55. The zero-order chi connectivity index (χ0) is 14.0. The molecule has 1 heterocycles. The van der Waals surface area contributed by atoms with Crippen LogP contribution in [0, 0.1) is 0 Å². The van der Waals surface area contributed by atoms with Gasteiger partial charge in [-0.2, -0.15) is 5.10 Å². The van der Waals surface area contributed by atoms with Crippen LogP contribution in [0.4, 0.5) is 5.82 Å². The van der Waals surface area contributed by atoms with Gasteiger partial charge in [0.1, 0.15) is 17.3 Å². The van der Waals surface area contributed by atoms with Gasteiger partial charge in [-0.05, 0) is 32.0 Å². The van der Waals surface area contributed by atoms with Crippen molar-refractivity contribution in [1.29, 1.82) is 0 Å². The number of carbonyl (C=O) groups is 1. The molecule has 0 saturated heterocycles. The van der Waals surface area contributed by atoms with Crippen LogP contribution in [-0.2, 0) is 0 Å². The van der Waals surface area contributed by atoms with E-state index in [1.165, 1.54) is 18.2 Å². The van der Waals surface area contributed by atoms with E-state index < -0.39 is 5.91 Å². The van der Waals surface area contributed by atoms with Gasteiger partial charge in [0, 0.05) is 12.1 Å². The van der Waals surface area contributed by atoms with Crippen molar-refractivity contribution in [1.82, 2.24) is 9.78 Å². The second-order valence-corrected chi connectivity index (χ2v) is 4.41. The number of benzene rings is 1. The lowest BCUT2D eigenvalue weighted by Crippen LogP contribution is -2.16. The summed E-state index contributed by atoms with van der Waals surface area (Å²) in [5.41, 5.74) is 0.0107. The number of carbonyl (C=O) groups excluding carboxylic acids is 1. The van der Waals surface area contributed by atoms with Crippen LogP contribution >= 0.6 is 0 Å². The van der Waals surface area contributed by atoms with E-state index in [2.05, 4.69) is 10.4 Å². The first-order chi connectivity index (χ1) is 8.99. The van der Waals surface area contributed by atoms with Crippen LogP contribution in [0.3, 0.4) is 0 Å². The molecule has 0 aliphatic heterocycles. The van der Waals surface area contributed by atoms with E-state index in [-0.39, 0.29) is 23.1 Å². The van der Waals surface area contributed by atoms with Gasteiger partial charge in [0.15, 0.2) is 0 Å². The Kier molecular flexibility index (Phi) is 3.41. The van der Waals surface area contributed by atoms with Gasteiger partial charge in [0.05, 0.1) is 11.8 Å². The third-order valence-corrected chi connectivity index (χ3v) is 2.63. The molecule has 0 spiro atoms. The Balaban J connectivity index is 2.26. The van der Waals surface area contributed by atoms with Crippen molar-refractivity contribution < 1.29 is 15.0 Å². The SMILES string of the molecule is CC(C)n1nccc1NC(=O)c1cc(O)ccc1O. The molecule has 0 bridgehead atoms. The van der Waals surface area contributed by atoms with E-state index in [4.69, 9.17) is 0 Å². The molecule has 0 aliphatic carbocycles. The van der Waals surface area contributed by atoms with Crippen molar-refractivity contribution in [2.24, 2.45) is 0 Å². The summed E-state index contributed by atoms with van der Waals surface area (Å²) in [5, 5.41) is 25.7. The third-order valence-electron chi connectivity index (χ3n) is 2.63. The van der Waals surface area contributed by atoms with Crippen LogP contribution in [0.2, 0.25) is 0 Å². The molecular formula is C13H15N3O3. The molecule has 2 rings (SSSR count). The second-order valence-electron chi connectivity index (χ2n) is 4.41. The minimum atomic E-state index is -0.504. The highest BCUT2D eigenvalue weighted by Crippen LogP contribution is 2.23. The van der Waals surface area contributed by atoms with Crippen LogP contribution in [-0.4, -0.2) is 25.9 Å². The van der Waals surface area contributed by atoms with E-state index >= 15 is 0 Å². The fraction of sp³-hybridized carbons (Fsp3) is 0.231. The molecule has 1 amide bonds. The predicted molar refractivity (Wildman–Crippen MR) is 70.3 cm³/mol. The molecule has 0 saturated carbocycles. The minimum Gasteiger partial charge on any atom is -0.508 e. The van der Waals surface area contributed by atoms with E-state index in [0.717, 1.165) is 0 Å². The van der Waals surface area contributed by atoms with Crippen molar-refractivity contribution in [3.8, 4) is 11.5 Å². The molecule has 6 nitrogen and oxygen atoms in total. The maximum atomic E-state index is 12.0. The van der Waals surface area contributed by atoms with Gasteiger partial charge in [-0.1, -0.05) is 0 Å². The molecular weight excluding hydrogens is 246 g/mol. The number of nitrogens with one attached hydrogen (secondary N) is 1. The number of amides is 1. The molecule has 100 valence electrons. The molecule has 19 heavy (non-hydrogen) atoms. The number of phenols is 2. The normalized spacial score (nSPS) is 10.7. The first kappa shape index (κ1) is 12.9. The number of aromatic hydroxyl groups is 2. The lowest BCUT2D eigenvalue weighted by Gasteiger charge is -2.12. The number of hydrogen-bond donors (Lipinski definition) is 3. The summed E-state index contributed by atoms with van der Waals surface area (Å²) in [4.78, 5) is 12.0. The number of nitrogens with zero attached hydrogens (tertiary/aromatic N) is 2. The topological polar surface area (TPSA) is 87.4 Å². The van der Waals surface area contributed by atoms with Crippen LogP contribution in [0.25, 0.3) is 0 Å². The van der Waals surface area contributed by atoms with Crippen molar-refractivity contribution >= 4 is 11.7 Å². The van der Waals surface area contributed by atoms with Crippen molar-refractivity contribution in [3.05, 3.63) is 36.0 Å². The minimum absolute atomic E-state index is 0.0107. The van der Waals surface area contributed by atoms with E-state index in [1.807, 2.05) is 13.8 Å². The Bertz CT molecular complexity index is 605. The summed E-state index contributed by atoms with van der Waals surface area (Å²) in [7, 11) is 0. The lowest BCUT2D eigenvalue weighted by molar-refractivity contribution is 0.102. The zero-order valence-electron chi connectivity index (χ0n) is 10.7. The fourth-order valence-electron chi connectivity index (χ4n) is 1.71. The van der Waals surface area contributed by atoms with Gasteiger partial charge in [0.2, 0.25) is 0 Å². The first-order valence-electron chi connectivity index (χ1n) is 5.86. The third kappa shape index (κ3) is 2.67. The molecule has 1 aromatic heterocycles. The standard InChI is InChI=1S/C13H15N3O3/c1-8(2)16-12(5-6-14-16)15-13(19)10-7-9(17)3-4-11(10)18/h3-8,17-18H,1-2H3,(H,15,19). The highest BCUT2D eigenvalue weighted by Gasteiger charge is 2.15. The quantitative estimate of drug-likeness (QED) is 0.738. The molecule has 0 fully saturated rings. The summed E-state index contributed by atoms with van der Waals surface area (Å²) >= 11 is 0. The van der Waals surface area contributed by atoms with E-state index in [1.54, 1.807) is 16.9 Å². The largest absolute Gasteiger partial charge is 0.508 e. The Hall–Kier alpha value is -2.50. The van der Waals surface area contributed by atoms with Gasteiger partial charge < -0.3 is 15.5 Å². The second kappa shape index (κ2) is 5.01.